The van der Waals surface area contributed by atoms with Crippen LogP contribution in [0, 0.1) is 35.5 Å². The van der Waals surface area contributed by atoms with Crippen molar-refractivity contribution in [2.75, 3.05) is 14.2 Å². The van der Waals surface area contributed by atoms with E-state index in [2.05, 4.69) is 0 Å². The second-order valence-corrected chi connectivity index (χ2v) is 13.5. The van der Waals surface area contributed by atoms with Crippen molar-refractivity contribution in [3.8, 4) is 0 Å². The number of hydrogen-bond acceptors (Lipinski definition) is 9. The molecule has 9 heteroatoms. The van der Waals surface area contributed by atoms with Gasteiger partial charge in [-0.3, -0.25) is 0 Å². The first kappa shape index (κ1) is 38.2. The number of cyclic esters (lactones) is 1. The van der Waals surface area contributed by atoms with E-state index in [9.17, 15) is 25.2 Å². The zero-order chi connectivity index (χ0) is 33.5. The van der Waals surface area contributed by atoms with Crippen molar-refractivity contribution in [1.29, 1.82) is 0 Å². The van der Waals surface area contributed by atoms with Gasteiger partial charge >= 0.3 is 5.97 Å². The van der Waals surface area contributed by atoms with Crippen LogP contribution < -0.4 is 0 Å². The lowest BCUT2D eigenvalue weighted by Gasteiger charge is -2.49. The fourth-order valence-corrected chi connectivity index (χ4v) is 6.39. The molecule has 0 aromatic carbocycles. The summed E-state index contributed by atoms with van der Waals surface area (Å²) in [6.07, 6.45) is 4.66. The SMILES string of the molecule is COC1=CC=C(C)[C@@H](C)[C@@H](O)[C@@H](C)CC(C)=CC=C[C@H](OC)[C@@H]([C@@H](C)[C@@H](O)[C@H](C)C2(O)C[C@@H](O)[C@H](C)[C@@H](C(C)C)O2)OC1=O. The Hall–Kier alpha value is -2.01. The monoisotopic (exact) mass is 622 g/mol. The highest BCUT2D eigenvalue weighted by Crippen LogP contribution is 2.41. The van der Waals surface area contributed by atoms with Gasteiger partial charge in [-0.1, -0.05) is 83.9 Å². The zero-order valence-electron chi connectivity index (χ0n) is 28.6. The van der Waals surface area contributed by atoms with Gasteiger partial charge < -0.3 is 39.4 Å². The van der Waals surface area contributed by atoms with Gasteiger partial charge in [0.25, 0.3) is 0 Å². The van der Waals surface area contributed by atoms with Crippen LogP contribution in [0.3, 0.4) is 0 Å². The third kappa shape index (κ3) is 9.27. The van der Waals surface area contributed by atoms with E-state index in [-0.39, 0.29) is 35.9 Å². The summed E-state index contributed by atoms with van der Waals surface area (Å²) in [5.74, 6) is -4.49. The van der Waals surface area contributed by atoms with Gasteiger partial charge in [0.2, 0.25) is 5.76 Å². The normalized spacial score (nSPS) is 36.9. The van der Waals surface area contributed by atoms with Gasteiger partial charge in [0.15, 0.2) is 5.79 Å². The first-order chi connectivity index (χ1) is 20.5. The van der Waals surface area contributed by atoms with Crippen molar-refractivity contribution in [3.05, 3.63) is 47.3 Å². The van der Waals surface area contributed by atoms with Crippen LogP contribution in [0.1, 0.15) is 75.2 Å². The molecule has 44 heavy (non-hydrogen) atoms. The minimum Gasteiger partial charge on any atom is -0.490 e. The molecule has 12 atom stereocenters. The van der Waals surface area contributed by atoms with E-state index in [0.29, 0.717) is 6.42 Å². The van der Waals surface area contributed by atoms with Crippen molar-refractivity contribution in [2.45, 2.75) is 118 Å². The van der Waals surface area contributed by atoms with E-state index in [0.717, 1.165) is 11.1 Å². The van der Waals surface area contributed by atoms with E-state index in [1.165, 1.54) is 20.3 Å². The average molecular weight is 623 g/mol. The molecule has 2 rings (SSSR count). The summed E-state index contributed by atoms with van der Waals surface area (Å²) < 4.78 is 23.3. The maximum Gasteiger partial charge on any atom is 0.373 e. The highest BCUT2D eigenvalue weighted by molar-refractivity contribution is 5.86. The zero-order valence-corrected chi connectivity index (χ0v) is 28.6. The van der Waals surface area contributed by atoms with Crippen LogP contribution in [0.25, 0.3) is 0 Å². The van der Waals surface area contributed by atoms with Crippen molar-refractivity contribution in [3.63, 3.8) is 0 Å². The number of aliphatic hydroxyl groups excluding tert-OH is 3. The van der Waals surface area contributed by atoms with Crippen LogP contribution in [0.2, 0.25) is 0 Å². The lowest BCUT2D eigenvalue weighted by atomic mass is 9.76. The van der Waals surface area contributed by atoms with E-state index in [4.69, 9.17) is 18.9 Å². The summed E-state index contributed by atoms with van der Waals surface area (Å²) in [6, 6.07) is 0. The minimum absolute atomic E-state index is 0.00557. The van der Waals surface area contributed by atoms with Gasteiger partial charge in [0.1, 0.15) is 12.2 Å². The summed E-state index contributed by atoms with van der Waals surface area (Å²) in [7, 11) is 2.87. The number of hydrogen-bond donors (Lipinski definition) is 4. The van der Waals surface area contributed by atoms with Gasteiger partial charge in [-0.25, -0.2) is 4.79 Å². The summed E-state index contributed by atoms with van der Waals surface area (Å²) >= 11 is 0. The molecule has 9 nitrogen and oxygen atoms in total. The molecule has 2 aliphatic rings. The number of esters is 1. The number of carbonyl (C=O) groups is 1. The van der Waals surface area contributed by atoms with Crippen LogP contribution in [-0.2, 0) is 23.7 Å². The van der Waals surface area contributed by atoms with E-state index >= 15 is 0 Å². The van der Waals surface area contributed by atoms with Crippen LogP contribution in [0.4, 0.5) is 0 Å². The predicted octanol–water partition coefficient (Wildman–Crippen LogP) is 4.69. The number of ether oxygens (including phenoxy) is 4. The van der Waals surface area contributed by atoms with Crippen LogP contribution in [0.5, 0.6) is 0 Å². The molecule has 2 aliphatic heterocycles. The second kappa shape index (κ2) is 16.5. The van der Waals surface area contributed by atoms with Crippen LogP contribution in [0.15, 0.2) is 47.3 Å². The Bertz CT molecular complexity index is 1060. The Morgan fingerprint density at radius 2 is 1.64 bits per heavy atom. The third-order valence-corrected chi connectivity index (χ3v) is 9.80. The molecule has 0 aromatic heterocycles. The van der Waals surface area contributed by atoms with Gasteiger partial charge in [0, 0.05) is 37.2 Å². The third-order valence-electron chi connectivity index (χ3n) is 9.80. The highest BCUT2D eigenvalue weighted by atomic mass is 16.6. The molecule has 1 unspecified atom stereocenters. The molecule has 0 spiro atoms. The lowest BCUT2D eigenvalue weighted by Crippen LogP contribution is -2.59. The summed E-state index contributed by atoms with van der Waals surface area (Å²) in [5.41, 5.74) is 1.94. The number of allylic oxidation sites excluding steroid dienone is 5. The van der Waals surface area contributed by atoms with Crippen LogP contribution >= 0.6 is 0 Å². The van der Waals surface area contributed by atoms with E-state index in [1.54, 1.807) is 26.0 Å². The molecular weight excluding hydrogens is 564 g/mol. The molecular formula is C35H58O9. The largest absolute Gasteiger partial charge is 0.490 e. The van der Waals surface area contributed by atoms with Crippen molar-refractivity contribution >= 4 is 5.97 Å². The molecule has 0 aliphatic carbocycles. The van der Waals surface area contributed by atoms with E-state index < -0.39 is 60.2 Å². The Balaban J connectivity index is 2.52. The molecule has 0 bridgehead atoms. The average Bonchev–Trinajstić information content (AvgIpc) is 2.97. The quantitative estimate of drug-likeness (QED) is 0.298. The molecule has 0 amide bonds. The Labute approximate surface area is 264 Å². The Morgan fingerprint density at radius 1 is 1.00 bits per heavy atom. The molecule has 2 heterocycles. The Morgan fingerprint density at radius 3 is 2.20 bits per heavy atom. The van der Waals surface area contributed by atoms with Gasteiger partial charge in [0.05, 0.1) is 31.5 Å². The predicted molar refractivity (Wildman–Crippen MR) is 170 cm³/mol. The van der Waals surface area contributed by atoms with Crippen molar-refractivity contribution in [2.24, 2.45) is 35.5 Å². The van der Waals surface area contributed by atoms with Gasteiger partial charge in [-0.2, -0.15) is 0 Å². The Kier molecular flexibility index (Phi) is 14.3. The standard InChI is InChI=1S/C35H58O9/c1-19(2)32-24(7)27(36)18-35(40,44-32)26(9)31(38)25(8)33-28(41-10)14-12-13-20(3)17-22(5)30(37)23(6)21(4)15-16-29(42-11)34(39)43-33/h12-16,19,22-28,30-33,36-38,40H,17-18H2,1-11H3/t22-,23+,24-,25-,26-,27+,28-,30-,31+,32+,33+,35?/m0/s1. The lowest BCUT2D eigenvalue weighted by molar-refractivity contribution is -0.328. The summed E-state index contributed by atoms with van der Waals surface area (Å²) in [4.78, 5) is 13.5. The molecule has 1 fully saturated rings. The summed E-state index contributed by atoms with van der Waals surface area (Å²) in [5, 5.41) is 45.1. The summed E-state index contributed by atoms with van der Waals surface area (Å²) in [6.45, 7) is 17.1. The molecule has 1 saturated heterocycles. The van der Waals surface area contributed by atoms with Gasteiger partial charge in [-0.05, 0) is 38.2 Å². The van der Waals surface area contributed by atoms with Gasteiger partial charge in [-0.15, -0.1) is 0 Å². The van der Waals surface area contributed by atoms with Crippen molar-refractivity contribution in [1.82, 2.24) is 0 Å². The van der Waals surface area contributed by atoms with Crippen molar-refractivity contribution < 1.29 is 44.2 Å². The molecule has 0 saturated carbocycles. The smallest absolute Gasteiger partial charge is 0.373 e. The topological polar surface area (TPSA) is 135 Å². The number of methoxy groups -OCH3 is 2. The number of aliphatic hydroxyl groups is 4. The number of rotatable bonds is 7. The van der Waals surface area contributed by atoms with E-state index in [1.807, 2.05) is 60.6 Å². The fourth-order valence-electron chi connectivity index (χ4n) is 6.39. The minimum atomic E-state index is -1.80. The maximum atomic E-state index is 13.5. The first-order valence-electron chi connectivity index (χ1n) is 15.9. The number of carbonyl (C=O) groups excluding carboxylic acids is 1. The molecule has 0 radical (unpaired) electrons. The molecule has 252 valence electrons. The fraction of sp³-hybridized carbons (Fsp3) is 0.743. The molecule has 0 aromatic rings. The second-order valence-electron chi connectivity index (χ2n) is 13.5. The highest BCUT2D eigenvalue weighted by Gasteiger charge is 2.51. The maximum absolute atomic E-state index is 13.5. The molecule has 4 N–H and O–H groups in total. The van der Waals surface area contributed by atoms with Crippen LogP contribution in [-0.4, -0.2) is 83.0 Å². The first-order valence-corrected chi connectivity index (χ1v) is 15.9.